The highest BCUT2D eigenvalue weighted by Crippen LogP contribution is 2.22. The van der Waals surface area contributed by atoms with E-state index >= 15 is 0 Å². The Balaban J connectivity index is 2.40. The predicted molar refractivity (Wildman–Crippen MR) is 83.7 cm³/mol. The van der Waals surface area contributed by atoms with Crippen LogP contribution in [0.2, 0.25) is 0 Å². The SMILES string of the molecule is CCSc1nc2ccccc2c(=O)n1-c1ccccc1F. The number of nitrogens with zero attached hydrogens (tertiary/aromatic N) is 2. The van der Waals surface area contributed by atoms with E-state index in [0.29, 0.717) is 16.1 Å². The molecule has 0 aliphatic heterocycles. The Hall–Kier alpha value is -2.14. The van der Waals surface area contributed by atoms with Crippen molar-refractivity contribution in [2.45, 2.75) is 12.1 Å². The number of halogens is 1. The number of benzene rings is 2. The van der Waals surface area contributed by atoms with E-state index in [1.807, 2.05) is 13.0 Å². The number of aromatic nitrogens is 2. The van der Waals surface area contributed by atoms with Crippen molar-refractivity contribution >= 4 is 22.7 Å². The Morgan fingerprint density at radius 2 is 1.86 bits per heavy atom. The van der Waals surface area contributed by atoms with E-state index in [1.54, 1.807) is 36.4 Å². The highest BCUT2D eigenvalue weighted by atomic mass is 32.2. The van der Waals surface area contributed by atoms with E-state index < -0.39 is 5.82 Å². The highest BCUT2D eigenvalue weighted by molar-refractivity contribution is 7.99. The van der Waals surface area contributed by atoms with Crippen LogP contribution in [0.4, 0.5) is 4.39 Å². The summed E-state index contributed by atoms with van der Waals surface area (Å²) >= 11 is 1.42. The number of para-hydroxylation sites is 2. The van der Waals surface area contributed by atoms with Crippen LogP contribution >= 0.6 is 11.8 Å². The third-order valence-corrected chi connectivity index (χ3v) is 3.93. The van der Waals surface area contributed by atoms with Gasteiger partial charge in [0.25, 0.3) is 5.56 Å². The molecule has 0 radical (unpaired) electrons. The fourth-order valence-electron chi connectivity index (χ4n) is 2.18. The lowest BCUT2D eigenvalue weighted by Crippen LogP contribution is -2.22. The van der Waals surface area contributed by atoms with E-state index in [1.165, 1.54) is 22.4 Å². The number of rotatable bonds is 3. The quantitative estimate of drug-likeness (QED) is 0.547. The molecule has 0 amide bonds. The molecule has 0 aliphatic rings. The van der Waals surface area contributed by atoms with E-state index in [0.717, 1.165) is 5.75 Å². The molecule has 1 heterocycles. The summed E-state index contributed by atoms with van der Waals surface area (Å²) in [5.41, 5.74) is 0.615. The van der Waals surface area contributed by atoms with Gasteiger partial charge in [-0.15, -0.1) is 0 Å². The Bertz CT molecular complexity index is 860. The second kappa shape index (κ2) is 5.69. The van der Waals surface area contributed by atoms with Gasteiger partial charge in [0.15, 0.2) is 5.16 Å². The van der Waals surface area contributed by atoms with Crippen LogP contribution in [0.15, 0.2) is 58.5 Å². The van der Waals surface area contributed by atoms with E-state index in [9.17, 15) is 9.18 Å². The van der Waals surface area contributed by atoms with Crippen LogP contribution in [0.5, 0.6) is 0 Å². The second-order valence-electron chi connectivity index (χ2n) is 4.44. The van der Waals surface area contributed by atoms with Gasteiger partial charge in [0, 0.05) is 0 Å². The molecule has 0 N–H and O–H groups in total. The molecule has 3 nitrogen and oxygen atoms in total. The van der Waals surface area contributed by atoms with E-state index in [4.69, 9.17) is 0 Å². The van der Waals surface area contributed by atoms with Gasteiger partial charge in [0.05, 0.1) is 16.6 Å². The monoisotopic (exact) mass is 300 g/mol. The van der Waals surface area contributed by atoms with Crippen LogP contribution < -0.4 is 5.56 Å². The standard InChI is InChI=1S/C16H13FN2OS/c1-2-21-16-18-13-9-5-3-7-11(13)15(20)19(16)14-10-6-4-8-12(14)17/h3-10H,2H2,1H3. The van der Waals surface area contributed by atoms with Gasteiger partial charge in [-0.2, -0.15) is 0 Å². The summed E-state index contributed by atoms with van der Waals surface area (Å²) in [5, 5.41) is 0.993. The van der Waals surface area contributed by atoms with Crippen LogP contribution in [0, 0.1) is 5.82 Å². The zero-order valence-corrected chi connectivity index (χ0v) is 12.2. The maximum Gasteiger partial charge on any atom is 0.266 e. The summed E-state index contributed by atoms with van der Waals surface area (Å²) in [6.07, 6.45) is 0. The van der Waals surface area contributed by atoms with Gasteiger partial charge in [-0.25, -0.2) is 9.37 Å². The maximum absolute atomic E-state index is 14.1. The molecule has 0 saturated heterocycles. The first-order chi connectivity index (χ1) is 10.2. The van der Waals surface area contributed by atoms with Crippen molar-refractivity contribution in [2.24, 2.45) is 0 Å². The largest absolute Gasteiger partial charge is 0.268 e. The fourth-order valence-corrected chi connectivity index (χ4v) is 2.92. The Morgan fingerprint density at radius 1 is 1.14 bits per heavy atom. The molecule has 5 heteroatoms. The van der Waals surface area contributed by atoms with Crippen LogP contribution in [-0.2, 0) is 0 Å². The third-order valence-electron chi connectivity index (χ3n) is 3.11. The molecular weight excluding hydrogens is 287 g/mol. The first-order valence-corrected chi connectivity index (χ1v) is 7.60. The van der Waals surface area contributed by atoms with Gasteiger partial charge in [0.2, 0.25) is 0 Å². The van der Waals surface area contributed by atoms with Crippen molar-refractivity contribution in [3.8, 4) is 5.69 Å². The zero-order valence-electron chi connectivity index (χ0n) is 11.4. The molecule has 0 saturated carbocycles. The van der Waals surface area contributed by atoms with Crippen molar-refractivity contribution in [1.29, 1.82) is 0 Å². The highest BCUT2D eigenvalue weighted by Gasteiger charge is 2.14. The molecule has 0 atom stereocenters. The number of hydrogen-bond donors (Lipinski definition) is 0. The molecule has 1 aromatic heterocycles. The van der Waals surface area contributed by atoms with Gasteiger partial charge in [-0.05, 0) is 30.0 Å². The molecule has 0 unspecified atom stereocenters. The summed E-state index contributed by atoms with van der Waals surface area (Å²) < 4.78 is 15.4. The lowest BCUT2D eigenvalue weighted by molar-refractivity contribution is 0.608. The molecule has 3 aromatic rings. The number of thioether (sulfide) groups is 1. The zero-order chi connectivity index (χ0) is 14.8. The Kier molecular flexibility index (Phi) is 3.75. The Morgan fingerprint density at radius 3 is 2.62 bits per heavy atom. The minimum Gasteiger partial charge on any atom is -0.268 e. The molecule has 106 valence electrons. The lowest BCUT2D eigenvalue weighted by atomic mass is 10.2. The van der Waals surface area contributed by atoms with Crippen LogP contribution in [0.3, 0.4) is 0 Å². The number of hydrogen-bond acceptors (Lipinski definition) is 3. The molecule has 0 fully saturated rings. The summed E-state index contributed by atoms with van der Waals surface area (Å²) in [6.45, 7) is 1.97. The first-order valence-electron chi connectivity index (χ1n) is 6.62. The van der Waals surface area contributed by atoms with Crippen LogP contribution in [-0.4, -0.2) is 15.3 Å². The van der Waals surface area contributed by atoms with E-state index in [2.05, 4.69) is 4.98 Å². The normalized spacial score (nSPS) is 11.0. The fraction of sp³-hybridized carbons (Fsp3) is 0.125. The van der Waals surface area contributed by atoms with Gasteiger partial charge in [-0.1, -0.05) is 43.0 Å². The summed E-state index contributed by atoms with van der Waals surface area (Å²) in [5.74, 6) is 0.314. The third kappa shape index (κ3) is 2.45. The van der Waals surface area contributed by atoms with Crippen molar-refractivity contribution in [1.82, 2.24) is 9.55 Å². The van der Waals surface area contributed by atoms with Crippen molar-refractivity contribution in [3.05, 3.63) is 64.7 Å². The van der Waals surface area contributed by atoms with Gasteiger partial charge < -0.3 is 0 Å². The van der Waals surface area contributed by atoms with E-state index in [-0.39, 0.29) is 11.2 Å². The average molecular weight is 300 g/mol. The second-order valence-corrected chi connectivity index (χ2v) is 5.67. The van der Waals surface area contributed by atoms with Gasteiger partial charge in [0.1, 0.15) is 5.82 Å². The van der Waals surface area contributed by atoms with Crippen LogP contribution in [0.25, 0.3) is 16.6 Å². The van der Waals surface area contributed by atoms with Crippen LogP contribution in [0.1, 0.15) is 6.92 Å². The van der Waals surface area contributed by atoms with Crippen molar-refractivity contribution < 1.29 is 4.39 Å². The van der Waals surface area contributed by atoms with Gasteiger partial charge >= 0.3 is 0 Å². The predicted octanol–water partition coefficient (Wildman–Crippen LogP) is 3.64. The molecular formula is C16H13FN2OS. The molecule has 21 heavy (non-hydrogen) atoms. The molecule has 3 rings (SSSR count). The summed E-state index contributed by atoms with van der Waals surface area (Å²) in [7, 11) is 0. The molecule has 0 aliphatic carbocycles. The summed E-state index contributed by atoms with van der Waals surface area (Å²) in [6, 6.07) is 13.4. The minimum absolute atomic E-state index is 0.233. The molecule has 0 spiro atoms. The topological polar surface area (TPSA) is 34.9 Å². The maximum atomic E-state index is 14.1. The van der Waals surface area contributed by atoms with Crippen molar-refractivity contribution in [3.63, 3.8) is 0 Å². The Labute approximate surface area is 125 Å². The first kappa shape index (κ1) is 13.8. The molecule has 2 aromatic carbocycles. The smallest absolute Gasteiger partial charge is 0.266 e. The molecule has 0 bridgehead atoms. The number of fused-ring (bicyclic) bond motifs is 1. The minimum atomic E-state index is -0.436. The lowest BCUT2D eigenvalue weighted by Gasteiger charge is -2.13. The average Bonchev–Trinajstić information content (AvgIpc) is 2.49. The van der Waals surface area contributed by atoms with Gasteiger partial charge in [-0.3, -0.25) is 9.36 Å². The van der Waals surface area contributed by atoms with Crippen molar-refractivity contribution in [2.75, 3.05) is 5.75 Å². The summed E-state index contributed by atoms with van der Waals surface area (Å²) in [4.78, 5) is 17.2.